The van der Waals surface area contributed by atoms with Crippen molar-refractivity contribution in [1.82, 2.24) is 0 Å². The second-order valence-electron chi connectivity index (χ2n) is 1.84. The largest absolute Gasteiger partial charge is 0.0913 e. The van der Waals surface area contributed by atoms with Crippen molar-refractivity contribution in [2.45, 2.75) is 19.8 Å². The highest BCUT2D eigenvalue weighted by atomic mass is 14.1. The van der Waals surface area contributed by atoms with Crippen molar-refractivity contribution in [3.05, 3.63) is 23.8 Å². The molecule has 7 heavy (non-hydrogen) atoms. The molecule has 0 bridgehead atoms. The van der Waals surface area contributed by atoms with E-state index in [4.69, 9.17) is 0 Å². The first-order valence-corrected chi connectivity index (χ1v) is 2.72. The summed E-state index contributed by atoms with van der Waals surface area (Å²) in [5.74, 6) is 0. The van der Waals surface area contributed by atoms with Gasteiger partial charge in [-0.25, -0.2) is 0 Å². The van der Waals surface area contributed by atoms with Crippen molar-refractivity contribution < 1.29 is 0 Å². The molecule has 0 aliphatic heterocycles. The van der Waals surface area contributed by atoms with Crippen molar-refractivity contribution in [3.8, 4) is 0 Å². The Bertz CT molecular complexity index is 107. The molecule has 1 rings (SSSR count). The third kappa shape index (κ3) is 1.58. The highest BCUT2D eigenvalue weighted by molar-refractivity contribution is 5.24. The van der Waals surface area contributed by atoms with Gasteiger partial charge in [0.05, 0.1) is 0 Å². The van der Waals surface area contributed by atoms with Crippen molar-refractivity contribution in [2.75, 3.05) is 0 Å². The van der Waals surface area contributed by atoms with Crippen LogP contribution in [0.4, 0.5) is 0 Å². The lowest BCUT2D eigenvalue weighted by Gasteiger charge is -1.75. The van der Waals surface area contributed by atoms with E-state index < -0.39 is 0 Å². The molecule has 0 amide bonds. The summed E-state index contributed by atoms with van der Waals surface area (Å²) in [6, 6.07) is 0. The minimum absolute atomic E-state index is 1.19. The molecule has 0 radical (unpaired) electrons. The van der Waals surface area contributed by atoms with Gasteiger partial charge in [0.15, 0.2) is 0 Å². The van der Waals surface area contributed by atoms with Crippen LogP contribution in [-0.4, -0.2) is 0 Å². The Morgan fingerprint density at radius 2 is 2.57 bits per heavy atom. The van der Waals surface area contributed by atoms with E-state index in [9.17, 15) is 0 Å². The quantitative estimate of drug-likeness (QED) is 0.460. The Kier molecular flexibility index (Phi) is 1.30. The Morgan fingerprint density at radius 3 is 3.00 bits per heavy atom. The van der Waals surface area contributed by atoms with E-state index >= 15 is 0 Å². The fourth-order valence-corrected chi connectivity index (χ4v) is 0.508. The monoisotopic (exact) mass is 94.1 g/mol. The van der Waals surface area contributed by atoms with Gasteiger partial charge < -0.3 is 0 Å². The van der Waals surface area contributed by atoms with Crippen molar-refractivity contribution in [2.24, 2.45) is 0 Å². The normalized spacial score (nSPS) is 17.6. The van der Waals surface area contributed by atoms with Crippen LogP contribution < -0.4 is 0 Å². The minimum atomic E-state index is 1.19. The van der Waals surface area contributed by atoms with Gasteiger partial charge >= 0.3 is 0 Å². The lowest BCUT2D eigenvalue weighted by Crippen LogP contribution is -1.55. The number of rotatable bonds is 2. The molecule has 0 aromatic carbocycles. The molecular formula is C7H10. The molecule has 0 atom stereocenters. The summed E-state index contributed by atoms with van der Waals surface area (Å²) in [5, 5.41) is 0. The lowest BCUT2D eigenvalue weighted by molar-refractivity contribution is 1.27. The zero-order chi connectivity index (χ0) is 5.11. The first-order valence-electron chi connectivity index (χ1n) is 2.72. The zero-order valence-corrected chi connectivity index (χ0v) is 4.65. The van der Waals surface area contributed by atoms with E-state index in [0.29, 0.717) is 0 Å². The van der Waals surface area contributed by atoms with Crippen LogP contribution in [0.2, 0.25) is 0 Å². The average molecular weight is 94.2 g/mol. The predicted molar refractivity (Wildman–Crippen MR) is 32.1 cm³/mol. The molecule has 1 aliphatic rings. The van der Waals surface area contributed by atoms with Crippen LogP contribution in [0.3, 0.4) is 0 Å². The summed E-state index contributed by atoms with van der Waals surface area (Å²) < 4.78 is 0. The number of hydrogen-bond acceptors (Lipinski definition) is 0. The fourth-order valence-electron chi connectivity index (χ4n) is 0.508. The first-order chi connectivity index (χ1) is 3.43. The Labute approximate surface area is 44.5 Å². The molecule has 0 saturated carbocycles. The van der Waals surface area contributed by atoms with Crippen LogP contribution in [0, 0.1) is 0 Å². The smallest absolute Gasteiger partial charge is 0.0133 e. The highest BCUT2D eigenvalue weighted by Crippen LogP contribution is 2.21. The zero-order valence-electron chi connectivity index (χ0n) is 4.65. The van der Waals surface area contributed by atoms with E-state index in [-0.39, 0.29) is 0 Å². The molecule has 0 aromatic heterocycles. The van der Waals surface area contributed by atoms with E-state index in [1.54, 1.807) is 5.57 Å². The Hall–Kier alpha value is -0.520. The van der Waals surface area contributed by atoms with E-state index in [2.05, 4.69) is 25.2 Å². The van der Waals surface area contributed by atoms with Gasteiger partial charge in [-0.3, -0.25) is 0 Å². The van der Waals surface area contributed by atoms with Gasteiger partial charge in [-0.05, 0) is 19.8 Å². The van der Waals surface area contributed by atoms with Gasteiger partial charge in [0.25, 0.3) is 0 Å². The predicted octanol–water partition coefficient (Wildman–Crippen LogP) is 2.28. The first kappa shape index (κ1) is 4.63. The summed E-state index contributed by atoms with van der Waals surface area (Å²) in [6.07, 6.45) is 9.01. The van der Waals surface area contributed by atoms with Crippen molar-refractivity contribution >= 4 is 0 Å². The SMILES string of the molecule is CC=CCC1=CC1. The van der Waals surface area contributed by atoms with E-state index in [1.165, 1.54) is 12.8 Å². The standard InChI is InChI=1S/C7H10/c1-2-3-4-7-5-6-7/h2-3,5H,4,6H2,1H3. The highest BCUT2D eigenvalue weighted by Gasteiger charge is 2.01. The molecular weight excluding hydrogens is 84.1 g/mol. The molecule has 38 valence electrons. The molecule has 0 unspecified atom stereocenters. The van der Waals surface area contributed by atoms with Gasteiger partial charge in [-0.1, -0.05) is 23.8 Å². The lowest BCUT2D eigenvalue weighted by atomic mass is 10.3. The summed E-state index contributed by atoms with van der Waals surface area (Å²) in [6.45, 7) is 2.06. The Balaban J connectivity index is 2.10. The minimum Gasteiger partial charge on any atom is -0.0913 e. The second kappa shape index (κ2) is 1.97. The van der Waals surface area contributed by atoms with Crippen molar-refractivity contribution in [1.29, 1.82) is 0 Å². The molecule has 0 nitrogen and oxygen atoms in total. The van der Waals surface area contributed by atoms with Crippen LogP contribution in [0.15, 0.2) is 23.8 Å². The van der Waals surface area contributed by atoms with Gasteiger partial charge in [0, 0.05) is 0 Å². The van der Waals surface area contributed by atoms with Crippen LogP contribution in [0.25, 0.3) is 0 Å². The average Bonchev–Trinajstić information content (AvgIpc) is 2.42. The molecule has 0 saturated heterocycles. The van der Waals surface area contributed by atoms with E-state index in [0.717, 1.165) is 0 Å². The van der Waals surface area contributed by atoms with Crippen LogP contribution in [-0.2, 0) is 0 Å². The van der Waals surface area contributed by atoms with Crippen LogP contribution in [0.1, 0.15) is 19.8 Å². The molecule has 0 spiro atoms. The topological polar surface area (TPSA) is 0 Å². The second-order valence-corrected chi connectivity index (χ2v) is 1.84. The fraction of sp³-hybridized carbons (Fsp3) is 0.429. The molecule has 0 heterocycles. The van der Waals surface area contributed by atoms with Crippen LogP contribution in [0.5, 0.6) is 0 Å². The van der Waals surface area contributed by atoms with Crippen LogP contribution >= 0.6 is 0 Å². The molecule has 0 fully saturated rings. The van der Waals surface area contributed by atoms with Gasteiger partial charge in [-0.15, -0.1) is 0 Å². The maximum Gasteiger partial charge on any atom is -0.0133 e. The maximum atomic E-state index is 2.26. The van der Waals surface area contributed by atoms with Crippen molar-refractivity contribution in [3.63, 3.8) is 0 Å². The van der Waals surface area contributed by atoms with Gasteiger partial charge in [-0.2, -0.15) is 0 Å². The summed E-state index contributed by atoms with van der Waals surface area (Å²) in [5.41, 5.74) is 1.60. The number of allylic oxidation sites excluding steroid dienone is 4. The Morgan fingerprint density at radius 1 is 1.86 bits per heavy atom. The molecule has 0 heteroatoms. The van der Waals surface area contributed by atoms with E-state index in [1.807, 2.05) is 0 Å². The van der Waals surface area contributed by atoms with Gasteiger partial charge in [0.2, 0.25) is 0 Å². The molecule has 0 N–H and O–H groups in total. The summed E-state index contributed by atoms with van der Waals surface area (Å²) in [7, 11) is 0. The molecule has 0 aromatic rings. The third-order valence-corrected chi connectivity index (χ3v) is 1.11. The van der Waals surface area contributed by atoms with Gasteiger partial charge in [0.1, 0.15) is 0 Å². The summed E-state index contributed by atoms with van der Waals surface area (Å²) in [4.78, 5) is 0. The maximum absolute atomic E-state index is 2.26. The third-order valence-electron chi connectivity index (χ3n) is 1.11. The number of hydrogen-bond donors (Lipinski definition) is 0. The molecule has 1 aliphatic carbocycles. The summed E-state index contributed by atoms with van der Waals surface area (Å²) >= 11 is 0.